The van der Waals surface area contributed by atoms with Gasteiger partial charge in [0.1, 0.15) is 5.75 Å². The second-order valence-corrected chi connectivity index (χ2v) is 3.76. The van der Waals surface area contributed by atoms with Crippen molar-refractivity contribution >= 4 is 5.91 Å². The van der Waals surface area contributed by atoms with Gasteiger partial charge < -0.3 is 15.5 Å². The smallest absolute Gasteiger partial charge is 0.251 e. The summed E-state index contributed by atoms with van der Waals surface area (Å²) in [6.45, 7) is 3.56. The van der Waals surface area contributed by atoms with Crippen molar-refractivity contribution in [1.29, 1.82) is 0 Å². The summed E-state index contributed by atoms with van der Waals surface area (Å²) in [7, 11) is 0. The van der Waals surface area contributed by atoms with Crippen LogP contribution in [0.1, 0.15) is 29.3 Å². The average molecular weight is 223 g/mol. The third kappa shape index (κ3) is 2.97. The first-order chi connectivity index (χ1) is 7.58. The Balaban J connectivity index is 2.76. The zero-order valence-corrected chi connectivity index (χ0v) is 9.53. The molecule has 0 saturated heterocycles. The van der Waals surface area contributed by atoms with Gasteiger partial charge in [0.15, 0.2) is 0 Å². The summed E-state index contributed by atoms with van der Waals surface area (Å²) in [5.74, 6) is -0.180. The van der Waals surface area contributed by atoms with Gasteiger partial charge in [0.05, 0.1) is 12.6 Å². The van der Waals surface area contributed by atoms with E-state index in [4.69, 9.17) is 5.11 Å². The molecular formula is C12H17NO3. The van der Waals surface area contributed by atoms with E-state index in [-0.39, 0.29) is 24.3 Å². The summed E-state index contributed by atoms with van der Waals surface area (Å²) < 4.78 is 0. The molecule has 1 amide bonds. The van der Waals surface area contributed by atoms with Crippen LogP contribution in [0, 0.1) is 6.92 Å². The Morgan fingerprint density at radius 1 is 1.50 bits per heavy atom. The molecule has 88 valence electrons. The summed E-state index contributed by atoms with van der Waals surface area (Å²) in [6.07, 6.45) is 0.667. The highest BCUT2D eigenvalue weighted by Gasteiger charge is 2.12. The van der Waals surface area contributed by atoms with Crippen molar-refractivity contribution in [3.63, 3.8) is 0 Å². The molecule has 0 aromatic heterocycles. The third-order valence-corrected chi connectivity index (χ3v) is 2.52. The number of phenolic OH excluding ortho intramolecular Hbond substituents is 1. The van der Waals surface area contributed by atoms with Crippen molar-refractivity contribution in [2.24, 2.45) is 0 Å². The Bertz CT molecular complexity index is 373. The molecule has 16 heavy (non-hydrogen) atoms. The number of nitrogens with one attached hydrogen (secondary N) is 1. The van der Waals surface area contributed by atoms with Crippen LogP contribution in [0.3, 0.4) is 0 Å². The van der Waals surface area contributed by atoms with Crippen molar-refractivity contribution < 1.29 is 15.0 Å². The van der Waals surface area contributed by atoms with Gasteiger partial charge in [-0.1, -0.05) is 13.0 Å². The van der Waals surface area contributed by atoms with Crippen molar-refractivity contribution in [3.8, 4) is 5.75 Å². The Kier molecular flexibility index (Phi) is 4.31. The fourth-order valence-corrected chi connectivity index (χ4v) is 1.30. The van der Waals surface area contributed by atoms with E-state index >= 15 is 0 Å². The van der Waals surface area contributed by atoms with E-state index in [0.29, 0.717) is 12.0 Å². The second-order valence-electron chi connectivity index (χ2n) is 3.76. The summed E-state index contributed by atoms with van der Waals surface area (Å²) >= 11 is 0. The van der Waals surface area contributed by atoms with Gasteiger partial charge in [-0.3, -0.25) is 4.79 Å². The molecule has 0 unspecified atom stereocenters. The number of rotatable bonds is 4. The largest absolute Gasteiger partial charge is 0.508 e. The summed E-state index contributed by atoms with van der Waals surface area (Å²) in [6, 6.07) is 4.52. The first kappa shape index (κ1) is 12.5. The Labute approximate surface area is 94.9 Å². The molecule has 1 atom stereocenters. The number of amides is 1. The molecule has 3 N–H and O–H groups in total. The van der Waals surface area contributed by atoms with Crippen LogP contribution < -0.4 is 5.32 Å². The molecule has 4 nitrogen and oxygen atoms in total. The lowest BCUT2D eigenvalue weighted by Gasteiger charge is -2.14. The van der Waals surface area contributed by atoms with Crippen LogP contribution in [0.2, 0.25) is 0 Å². The van der Waals surface area contributed by atoms with Crippen LogP contribution >= 0.6 is 0 Å². The Morgan fingerprint density at radius 3 is 2.69 bits per heavy atom. The van der Waals surface area contributed by atoms with E-state index in [9.17, 15) is 9.90 Å². The fourth-order valence-electron chi connectivity index (χ4n) is 1.30. The van der Waals surface area contributed by atoms with Gasteiger partial charge in [-0.05, 0) is 31.0 Å². The molecule has 0 aliphatic carbocycles. The number of hydrogen-bond donors (Lipinski definition) is 3. The zero-order chi connectivity index (χ0) is 12.1. The molecule has 1 aromatic rings. The molecule has 0 saturated carbocycles. The highest BCUT2D eigenvalue weighted by molar-refractivity contribution is 5.94. The average Bonchev–Trinajstić information content (AvgIpc) is 2.29. The van der Waals surface area contributed by atoms with Gasteiger partial charge in [-0.25, -0.2) is 0 Å². The second kappa shape index (κ2) is 5.51. The molecule has 1 rings (SSSR count). The lowest BCUT2D eigenvalue weighted by Crippen LogP contribution is -2.36. The minimum atomic E-state index is -0.281. The molecule has 0 aliphatic rings. The summed E-state index contributed by atoms with van der Waals surface area (Å²) in [5.41, 5.74) is 1.13. The van der Waals surface area contributed by atoms with Crippen LogP contribution in [0.25, 0.3) is 0 Å². The Hall–Kier alpha value is -1.55. The van der Waals surface area contributed by atoms with E-state index in [0.717, 1.165) is 5.56 Å². The number of phenols is 1. The molecule has 0 bridgehead atoms. The summed E-state index contributed by atoms with van der Waals surface area (Å²) in [5, 5.41) is 21.1. The van der Waals surface area contributed by atoms with Crippen molar-refractivity contribution in [3.05, 3.63) is 29.3 Å². The number of aliphatic hydroxyl groups excluding tert-OH is 1. The van der Waals surface area contributed by atoms with Crippen LogP contribution in [0.5, 0.6) is 5.75 Å². The molecule has 4 heteroatoms. The van der Waals surface area contributed by atoms with Crippen LogP contribution in [-0.4, -0.2) is 28.8 Å². The Morgan fingerprint density at radius 2 is 2.19 bits per heavy atom. The molecular weight excluding hydrogens is 206 g/mol. The van der Waals surface area contributed by atoms with Gasteiger partial charge in [0, 0.05) is 5.56 Å². The highest BCUT2D eigenvalue weighted by atomic mass is 16.3. The minimum Gasteiger partial charge on any atom is -0.508 e. The lowest BCUT2D eigenvalue weighted by molar-refractivity contribution is 0.0914. The van der Waals surface area contributed by atoms with Crippen molar-refractivity contribution in [2.75, 3.05) is 6.61 Å². The van der Waals surface area contributed by atoms with Gasteiger partial charge in [0.2, 0.25) is 0 Å². The SMILES string of the molecule is CC[C@@H](CO)NC(=O)c1ccc(C)c(O)c1. The van der Waals surface area contributed by atoms with E-state index in [2.05, 4.69) is 5.32 Å². The van der Waals surface area contributed by atoms with E-state index in [1.807, 2.05) is 6.92 Å². The topological polar surface area (TPSA) is 69.6 Å². The number of carbonyl (C=O) groups excluding carboxylic acids is 1. The molecule has 0 heterocycles. The quantitative estimate of drug-likeness (QED) is 0.718. The van der Waals surface area contributed by atoms with Gasteiger partial charge in [-0.15, -0.1) is 0 Å². The molecule has 0 aliphatic heterocycles. The zero-order valence-electron chi connectivity index (χ0n) is 9.53. The lowest BCUT2D eigenvalue weighted by atomic mass is 10.1. The van der Waals surface area contributed by atoms with Crippen LogP contribution in [0.15, 0.2) is 18.2 Å². The fraction of sp³-hybridized carbons (Fsp3) is 0.417. The van der Waals surface area contributed by atoms with Crippen molar-refractivity contribution in [2.45, 2.75) is 26.3 Å². The maximum absolute atomic E-state index is 11.7. The van der Waals surface area contributed by atoms with Crippen LogP contribution in [0.4, 0.5) is 0 Å². The predicted octanol–water partition coefficient (Wildman–Crippen LogP) is 1.20. The normalized spacial score (nSPS) is 12.2. The number of hydrogen-bond acceptors (Lipinski definition) is 3. The number of aryl methyl sites for hydroxylation is 1. The highest BCUT2D eigenvalue weighted by Crippen LogP contribution is 2.17. The van der Waals surface area contributed by atoms with Gasteiger partial charge in [-0.2, -0.15) is 0 Å². The molecule has 0 fully saturated rings. The van der Waals surface area contributed by atoms with E-state index in [1.54, 1.807) is 19.1 Å². The van der Waals surface area contributed by atoms with E-state index in [1.165, 1.54) is 6.07 Å². The number of aromatic hydroxyl groups is 1. The van der Waals surface area contributed by atoms with E-state index < -0.39 is 0 Å². The maximum Gasteiger partial charge on any atom is 0.251 e. The minimum absolute atomic E-state index is 0.0833. The number of carbonyl (C=O) groups is 1. The predicted molar refractivity (Wildman–Crippen MR) is 61.5 cm³/mol. The van der Waals surface area contributed by atoms with Gasteiger partial charge >= 0.3 is 0 Å². The molecule has 0 radical (unpaired) electrons. The number of aliphatic hydroxyl groups is 1. The van der Waals surface area contributed by atoms with Crippen molar-refractivity contribution in [1.82, 2.24) is 5.32 Å². The first-order valence-electron chi connectivity index (χ1n) is 5.29. The summed E-state index contributed by atoms with van der Waals surface area (Å²) in [4.78, 5) is 11.7. The van der Waals surface area contributed by atoms with Gasteiger partial charge in [0.25, 0.3) is 5.91 Å². The monoisotopic (exact) mass is 223 g/mol. The van der Waals surface area contributed by atoms with Crippen LogP contribution in [-0.2, 0) is 0 Å². The molecule has 1 aromatic carbocycles. The maximum atomic E-state index is 11.7. The number of benzene rings is 1. The third-order valence-electron chi connectivity index (χ3n) is 2.52. The molecule has 0 spiro atoms. The standard InChI is InChI=1S/C12H17NO3/c1-3-10(7-14)13-12(16)9-5-4-8(2)11(15)6-9/h4-6,10,14-15H,3,7H2,1-2H3,(H,13,16)/t10-/m0/s1. The first-order valence-corrected chi connectivity index (χ1v) is 5.29.